The molecule has 0 spiro atoms. The Bertz CT molecular complexity index is 1220. The molecule has 0 aliphatic rings. The van der Waals surface area contributed by atoms with Crippen LogP contribution in [0.2, 0.25) is 5.02 Å². The van der Waals surface area contributed by atoms with Crippen molar-refractivity contribution in [3.63, 3.8) is 0 Å². The first-order chi connectivity index (χ1) is 14.6. The molecule has 0 saturated carbocycles. The number of ether oxygens (including phenoxy) is 1. The molecule has 6 nitrogen and oxygen atoms in total. The first kappa shape index (κ1) is 19.5. The van der Waals surface area contributed by atoms with E-state index in [0.717, 1.165) is 5.52 Å². The van der Waals surface area contributed by atoms with Crippen LogP contribution in [0.15, 0.2) is 79.1 Å². The Hall–Kier alpha value is -3.77. The Morgan fingerprint density at radius 1 is 0.933 bits per heavy atom. The zero-order chi connectivity index (χ0) is 20.9. The highest BCUT2D eigenvalue weighted by Crippen LogP contribution is 2.24. The molecule has 4 aromatic rings. The van der Waals surface area contributed by atoms with Crippen LogP contribution in [0.5, 0.6) is 5.88 Å². The van der Waals surface area contributed by atoms with Crippen molar-refractivity contribution in [1.29, 1.82) is 0 Å². The van der Waals surface area contributed by atoms with Crippen LogP contribution < -0.4 is 10.1 Å². The van der Waals surface area contributed by atoms with Gasteiger partial charge in [-0.15, -0.1) is 0 Å². The Morgan fingerprint density at radius 3 is 2.53 bits per heavy atom. The van der Waals surface area contributed by atoms with Crippen molar-refractivity contribution in [1.82, 2.24) is 9.97 Å². The van der Waals surface area contributed by atoms with Gasteiger partial charge in [-0.2, -0.15) is 0 Å². The van der Waals surface area contributed by atoms with Gasteiger partial charge >= 0.3 is 0 Å². The maximum absolute atomic E-state index is 12.9. The average molecular weight is 418 g/mol. The fourth-order valence-corrected chi connectivity index (χ4v) is 3.15. The summed E-state index contributed by atoms with van der Waals surface area (Å²) in [4.78, 5) is 33.6. The molecular weight excluding hydrogens is 402 g/mol. The topological polar surface area (TPSA) is 81.2 Å². The number of nitrogens with zero attached hydrogens (tertiary/aromatic N) is 2. The third-order valence-electron chi connectivity index (χ3n) is 4.38. The largest absolute Gasteiger partial charge is 0.467 e. The van der Waals surface area contributed by atoms with Crippen molar-refractivity contribution < 1.29 is 14.3 Å². The molecule has 4 rings (SSSR count). The van der Waals surface area contributed by atoms with E-state index in [2.05, 4.69) is 15.3 Å². The third kappa shape index (κ3) is 4.29. The number of halogens is 1. The van der Waals surface area contributed by atoms with E-state index in [-0.39, 0.29) is 12.4 Å². The first-order valence-electron chi connectivity index (χ1n) is 9.13. The molecule has 0 fully saturated rings. The molecule has 0 bridgehead atoms. The van der Waals surface area contributed by atoms with Crippen molar-refractivity contribution in [2.24, 2.45) is 0 Å². The van der Waals surface area contributed by atoms with Crippen LogP contribution in [-0.2, 0) is 4.79 Å². The third-order valence-corrected chi connectivity index (χ3v) is 4.62. The molecule has 0 radical (unpaired) electrons. The highest BCUT2D eigenvalue weighted by atomic mass is 35.5. The number of benzene rings is 3. The lowest BCUT2D eigenvalue weighted by Crippen LogP contribution is -2.22. The van der Waals surface area contributed by atoms with Gasteiger partial charge in [-0.1, -0.05) is 54.1 Å². The molecule has 1 N–H and O–H groups in total. The fraction of sp³-hybridized carbons (Fsp3) is 0.0435. The Balaban J connectivity index is 1.51. The summed E-state index contributed by atoms with van der Waals surface area (Å²) in [6.07, 6.45) is 1.38. The minimum atomic E-state index is -0.429. The van der Waals surface area contributed by atoms with Gasteiger partial charge in [-0.3, -0.25) is 9.59 Å². The van der Waals surface area contributed by atoms with Gasteiger partial charge in [0.15, 0.2) is 12.4 Å². The van der Waals surface area contributed by atoms with E-state index >= 15 is 0 Å². The van der Waals surface area contributed by atoms with E-state index in [1.165, 1.54) is 12.4 Å². The number of anilines is 1. The lowest BCUT2D eigenvalue weighted by Gasteiger charge is -2.12. The maximum Gasteiger partial charge on any atom is 0.262 e. The number of para-hydroxylation sites is 1. The quantitative estimate of drug-likeness (QED) is 0.466. The van der Waals surface area contributed by atoms with Crippen molar-refractivity contribution in [3.8, 4) is 5.88 Å². The summed E-state index contributed by atoms with van der Waals surface area (Å²) in [6, 6.07) is 20.9. The number of amides is 1. The number of rotatable bonds is 6. The molecule has 0 aliphatic heterocycles. The number of carbonyl (C=O) groups is 2. The predicted octanol–water partition coefficient (Wildman–Crippen LogP) is 4.53. The number of hydrogen-bond donors (Lipinski definition) is 1. The lowest BCUT2D eigenvalue weighted by molar-refractivity contribution is -0.118. The van der Waals surface area contributed by atoms with Crippen molar-refractivity contribution in [2.75, 3.05) is 11.9 Å². The minimum Gasteiger partial charge on any atom is -0.467 e. The van der Waals surface area contributed by atoms with Gasteiger partial charge in [0, 0.05) is 16.1 Å². The summed E-state index contributed by atoms with van der Waals surface area (Å²) < 4.78 is 5.59. The molecule has 1 heterocycles. The second-order valence-corrected chi connectivity index (χ2v) is 6.85. The second-order valence-electron chi connectivity index (χ2n) is 6.42. The molecule has 0 unspecified atom stereocenters. The number of ketones is 1. The van der Waals surface area contributed by atoms with Crippen LogP contribution >= 0.6 is 11.6 Å². The fourth-order valence-electron chi connectivity index (χ4n) is 2.97. The predicted molar refractivity (Wildman–Crippen MR) is 115 cm³/mol. The molecular formula is C23H16ClN3O3. The van der Waals surface area contributed by atoms with Gasteiger partial charge in [-0.05, 0) is 30.3 Å². The summed E-state index contributed by atoms with van der Waals surface area (Å²) in [5, 5.41) is 3.83. The van der Waals surface area contributed by atoms with Crippen LogP contribution in [-0.4, -0.2) is 28.3 Å². The molecule has 0 saturated heterocycles. The van der Waals surface area contributed by atoms with E-state index in [1.807, 2.05) is 30.3 Å². The number of nitrogens with one attached hydrogen (secondary N) is 1. The van der Waals surface area contributed by atoms with E-state index < -0.39 is 5.91 Å². The molecule has 7 heteroatoms. The van der Waals surface area contributed by atoms with Crippen LogP contribution in [0, 0.1) is 0 Å². The first-order valence-corrected chi connectivity index (χ1v) is 9.51. The van der Waals surface area contributed by atoms with E-state index in [9.17, 15) is 9.59 Å². The summed E-state index contributed by atoms with van der Waals surface area (Å²) in [5.74, 6) is -0.356. The Morgan fingerprint density at radius 2 is 1.70 bits per heavy atom. The van der Waals surface area contributed by atoms with Crippen LogP contribution in [0.1, 0.15) is 15.9 Å². The zero-order valence-electron chi connectivity index (χ0n) is 15.7. The second kappa shape index (κ2) is 8.71. The lowest BCUT2D eigenvalue weighted by atomic mass is 10.0. The number of aromatic nitrogens is 2. The van der Waals surface area contributed by atoms with Gasteiger partial charge in [0.25, 0.3) is 5.91 Å². The van der Waals surface area contributed by atoms with Gasteiger partial charge < -0.3 is 10.1 Å². The molecule has 0 atom stereocenters. The normalized spacial score (nSPS) is 10.6. The average Bonchev–Trinajstić information content (AvgIpc) is 2.79. The van der Waals surface area contributed by atoms with Gasteiger partial charge in [-0.25, -0.2) is 9.97 Å². The highest BCUT2D eigenvalue weighted by Gasteiger charge is 2.16. The van der Waals surface area contributed by atoms with Gasteiger partial charge in [0.05, 0.1) is 16.6 Å². The van der Waals surface area contributed by atoms with E-state index in [4.69, 9.17) is 16.3 Å². The Kier molecular flexibility index (Phi) is 5.68. The zero-order valence-corrected chi connectivity index (χ0v) is 16.5. The molecule has 30 heavy (non-hydrogen) atoms. The van der Waals surface area contributed by atoms with Crippen LogP contribution in [0.3, 0.4) is 0 Å². The summed E-state index contributed by atoms with van der Waals surface area (Å²) in [5.41, 5.74) is 1.87. The molecule has 3 aromatic carbocycles. The summed E-state index contributed by atoms with van der Waals surface area (Å²) >= 11 is 6.08. The monoisotopic (exact) mass is 417 g/mol. The van der Waals surface area contributed by atoms with E-state index in [0.29, 0.717) is 33.1 Å². The molecule has 148 valence electrons. The molecule has 0 aliphatic carbocycles. The number of fused-ring (bicyclic) bond motifs is 1. The number of carbonyl (C=O) groups excluding carboxylic acids is 2. The maximum atomic E-state index is 12.9. The summed E-state index contributed by atoms with van der Waals surface area (Å²) in [6.45, 7) is -0.275. The smallest absolute Gasteiger partial charge is 0.262 e. The van der Waals surface area contributed by atoms with Crippen molar-refractivity contribution >= 4 is 39.9 Å². The van der Waals surface area contributed by atoms with Crippen molar-refractivity contribution in [3.05, 3.63) is 95.3 Å². The molecule has 1 amide bonds. The Labute approximate surface area is 177 Å². The molecule has 1 aromatic heterocycles. The van der Waals surface area contributed by atoms with Crippen LogP contribution in [0.4, 0.5) is 5.69 Å². The minimum absolute atomic E-state index is 0.240. The SMILES string of the molecule is O=C(COc1ncnc2ccccc12)Nc1ccc(Cl)cc1C(=O)c1ccccc1. The van der Waals surface area contributed by atoms with Gasteiger partial charge in [0.1, 0.15) is 6.33 Å². The van der Waals surface area contributed by atoms with E-state index in [1.54, 1.807) is 36.4 Å². The van der Waals surface area contributed by atoms with Crippen LogP contribution in [0.25, 0.3) is 10.9 Å². The highest BCUT2D eigenvalue weighted by molar-refractivity contribution is 6.31. The van der Waals surface area contributed by atoms with Crippen molar-refractivity contribution in [2.45, 2.75) is 0 Å². The number of hydrogen-bond acceptors (Lipinski definition) is 5. The standard InChI is InChI=1S/C23H16ClN3O3/c24-16-10-11-20(18(12-16)22(29)15-6-2-1-3-7-15)27-21(28)13-30-23-17-8-4-5-9-19(17)25-14-26-23/h1-12,14H,13H2,(H,27,28). The summed E-state index contributed by atoms with van der Waals surface area (Å²) in [7, 11) is 0. The van der Waals surface area contributed by atoms with Gasteiger partial charge in [0.2, 0.25) is 5.88 Å².